The van der Waals surface area contributed by atoms with Crippen LogP contribution >= 0.6 is 0 Å². The monoisotopic (exact) mass is 624 g/mol. The van der Waals surface area contributed by atoms with Gasteiger partial charge in [-0.2, -0.15) is 0 Å². The molecule has 46 heavy (non-hydrogen) atoms. The molecule has 244 valence electrons. The van der Waals surface area contributed by atoms with E-state index in [9.17, 15) is 9.59 Å². The average molecular weight is 625 g/mol. The van der Waals surface area contributed by atoms with Gasteiger partial charge in [-0.05, 0) is 108 Å². The van der Waals surface area contributed by atoms with Crippen molar-refractivity contribution in [1.82, 2.24) is 9.55 Å². The predicted octanol–water partition coefficient (Wildman–Crippen LogP) is 8.57. The van der Waals surface area contributed by atoms with E-state index in [0.29, 0.717) is 18.6 Å². The molecule has 0 N–H and O–H groups in total. The van der Waals surface area contributed by atoms with E-state index in [-0.39, 0.29) is 31.1 Å². The lowest BCUT2D eigenvalue weighted by Gasteiger charge is -2.35. The van der Waals surface area contributed by atoms with Crippen molar-refractivity contribution in [2.45, 2.75) is 73.6 Å². The summed E-state index contributed by atoms with van der Waals surface area (Å²) in [4.78, 5) is 30.7. The van der Waals surface area contributed by atoms with E-state index in [2.05, 4.69) is 61.5 Å². The van der Waals surface area contributed by atoms with Crippen molar-refractivity contribution < 1.29 is 23.8 Å². The summed E-state index contributed by atoms with van der Waals surface area (Å²) in [6.07, 6.45) is 5.46. The molecule has 0 spiro atoms. The smallest absolute Gasteiger partial charge is 0.311 e. The molecule has 0 saturated carbocycles. The number of hydrogen-bond donors (Lipinski definition) is 0. The van der Waals surface area contributed by atoms with Crippen LogP contribution in [0, 0.1) is 31.6 Å². The number of aryl methyl sites for hydroxylation is 3. The van der Waals surface area contributed by atoms with Gasteiger partial charge in [-0.3, -0.25) is 14.2 Å². The second-order valence-corrected chi connectivity index (χ2v) is 13.3. The Labute approximate surface area is 273 Å². The minimum Gasteiger partial charge on any atom is -0.490 e. The molecule has 0 radical (unpaired) electrons. The Hall–Kier alpha value is -4.39. The third-order valence-corrected chi connectivity index (χ3v) is 8.78. The lowest BCUT2D eigenvalue weighted by molar-refractivity contribution is -0.162. The van der Waals surface area contributed by atoms with Gasteiger partial charge in [0, 0.05) is 18.0 Å². The normalized spacial score (nSPS) is 13.5. The Morgan fingerprint density at radius 1 is 0.891 bits per heavy atom. The number of rotatable bonds is 14. The molecule has 1 heterocycles. The molecule has 7 nitrogen and oxygen atoms in total. The quantitative estimate of drug-likeness (QED) is 0.103. The highest BCUT2D eigenvalue weighted by Crippen LogP contribution is 2.41. The molecule has 3 aromatic carbocycles. The molecule has 0 aliphatic carbocycles. The maximum Gasteiger partial charge on any atom is 0.311 e. The number of nitrogens with zero attached hydrogens (tertiary/aromatic N) is 2. The summed E-state index contributed by atoms with van der Waals surface area (Å²) in [5, 5.41) is 0. The van der Waals surface area contributed by atoms with E-state index in [4.69, 9.17) is 14.2 Å². The standard InChI is InChI=1S/C39H48N2O5/c1-27-24-29(3)34(30(4)25-27)41-21-20-40-35(41)32-14-16-33(17-15-32)45-22-23-46-37(43)39(7,26-38(5,6)36(42)44-8)19-18-28(2)31-12-10-9-11-13-31/h9-17,20-21,24-25,28H,18-19,22-23,26H2,1-8H3. The Balaban J connectivity index is 1.38. The Bertz CT molecular complexity index is 1600. The number of imidazole rings is 1. The van der Waals surface area contributed by atoms with E-state index < -0.39 is 10.8 Å². The number of esters is 2. The summed E-state index contributed by atoms with van der Waals surface area (Å²) in [5.74, 6) is 1.10. The second kappa shape index (κ2) is 14.8. The van der Waals surface area contributed by atoms with Crippen molar-refractivity contribution in [3.63, 3.8) is 0 Å². The average Bonchev–Trinajstić information content (AvgIpc) is 3.50. The van der Waals surface area contributed by atoms with Gasteiger partial charge in [-0.15, -0.1) is 0 Å². The molecule has 0 saturated heterocycles. The largest absolute Gasteiger partial charge is 0.490 e. The first-order valence-electron chi connectivity index (χ1n) is 16.0. The summed E-state index contributed by atoms with van der Waals surface area (Å²) in [7, 11) is 1.38. The van der Waals surface area contributed by atoms with Crippen LogP contribution in [0.25, 0.3) is 17.1 Å². The van der Waals surface area contributed by atoms with Crippen LogP contribution < -0.4 is 4.74 Å². The van der Waals surface area contributed by atoms with Crippen molar-refractivity contribution in [2.75, 3.05) is 20.3 Å². The van der Waals surface area contributed by atoms with Gasteiger partial charge in [0.2, 0.25) is 0 Å². The highest BCUT2D eigenvalue weighted by molar-refractivity contribution is 5.80. The molecule has 2 atom stereocenters. The number of hydrogen-bond acceptors (Lipinski definition) is 6. The molecule has 4 rings (SSSR count). The van der Waals surface area contributed by atoms with Gasteiger partial charge in [0.05, 0.1) is 23.6 Å². The summed E-state index contributed by atoms with van der Waals surface area (Å²) in [6.45, 7) is 14.3. The second-order valence-electron chi connectivity index (χ2n) is 13.3. The minimum atomic E-state index is -0.877. The lowest BCUT2D eigenvalue weighted by atomic mass is 9.70. The van der Waals surface area contributed by atoms with E-state index in [0.717, 1.165) is 23.5 Å². The number of ether oxygens (including phenoxy) is 3. The highest BCUT2D eigenvalue weighted by atomic mass is 16.6. The van der Waals surface area contributed by atoms with E-state index in [1.54, 1.807) is 0 Å². The van der Waals surface area contributed by atoms with Gasteiger partial charge in [0.1, 0.15) is 24.8 Å². The zero-order valence-electron chi connectivity index (χ0n) is 28.6. The summed E-state index contributed by atoms with van der Waals surface area (Å²) in [6, 6.07) is 22.4. The van der Waals surface area contributed by atoms with Crippen LogP contribution in [0.3, 0.4) is 0 Å². The van der Waals surface area contributed by atoms with Crippen LogP contribution in [0.4, 0.5) is 0 Å². The molecular weight excluding hydrogens is 576 g/mol. The third kappa shape index (κ3) is 8.25. The third-order valence-electron chi connectivity index (χ3n) is 8.78. The van der Waals surface area contributed by atoms with Crippen molar-refractivity contribution in [1.29, 1.82) is 0 Å². The molecule has 2 unspecified atom stereocenters. The zero-order chi connectivity index (χ0) is 33.5. The summed E-state index contributed by atoms with van der Waals surface area (Å²) in [5.41, 5.74) is 5.23. The highest BCUT2D eigenvalue weighted by Gasteiger charge is 2.43. The Kier molecular flexibility index (Phi) is 11.1. The Morgan fingerprint density at radius 2 is 1.54 bits per heavy atom. The number of methoxy groups -OCH3 is 1. The molecule has 0 fully saturated rings. The van der Waals surface area contributed by atoms with E-state index in [1.807, 2.05) is 75.6 Å². The molecule has 0 bridgehead atoms. The van der Waals surface area contributed by atoms with Gasteiger partial charge >= 0.3 is 11.9 Å². The maximum atomic E-state index is 13.6. The fourth-order valence-electron chi connectivity index (χ4n) is 6.49. The van der Waals surface area contributed by atoms with Crippen LogP contribution in [-0.2, 0) is 19.1 Å². The van der Waals surface area contributed by atoms with Gasteiger partial charge in [-0.1, -0.05) is 55.0 Å². The lowest BCUT2D eigenvalue weighted by Crippen LogP contribution is -2.39. The molecular formula is C39H48N2O5. The first kappa shape index (κ1) is 34.5. The molecule has 0 aliphatic rings. The van der Waals surface area contributed by atoms with Crippen LogP contribution in [-0.4, -0.2) is 41.8 Å². The molecule has 1 aromatic heterocycles. The predicted molar refractivity (Wildman–Crippen MR) is 182 cm³/mol. The van der Waals surface area contributed by atoms with Crippen molar-refractivity contribution in [2.24, 2.45) is 10.8 Å². The zero-order valence-corrected chi connectivity index (χ0v) is 28.6. The fraction of sp³-hybridized carbons (Fsp3) is 0.410. The Morgan fingerprint density at radius 3 is 2.17 bits per heavy atom. The fourth-order valence-corrected chi connectivity index (χ4v) is 6.49. The first-order chi connectivity index (χ1) is 21.8. The molecule has 4 aromatic rings. The number of carbonyl (C=O) groups excluding carboxylic acids is 2. The molecule has 0 amide bonds. The van der Waals surface area contributed by atoms with Crippen LogP contribution in [0.15, 0.2) is 79.1 Å². The SMILES string of the molecule is COC(=O)C(C)(C)CC(C)(CCC(C)c1ccccc1)C(=O)OCCOc1ccc(-c2nccn2-c2c(C)cc(C)cc2C)cc1. The molecule has 0 aliphatic heterocycles. The maximum absolute atomic E-state index is 13.6. The van der Waals surface area contributed by atoms with Crippen molar-refractivity contribution >= 4 is 11.9 Å². The summed E-state index contributed by atoms with van der Waals surface area (Å²) < 4.78 is 18.9. The van der Waals surface area contributed by atoms with Gasteiger partial charge < -0.3 is 14.2 Å². The van der Waals surface area contributed by atoms with E-state index >= 15 is 0 Å². The number of aromatic nitrogens is 2. The topological polar surface area (TPSA) is 79.7 Å². The number of benzene rings is 3. The van der Waals surface area contributed by atoms with Crippen LogP contribution in [0.2, 0.25) is 0 Å². The number of carbonyl (C=O) groups is 2. The first-order valence-corrected chi connectivity index (χ1v) is 16.0. The van der Waals surface area contributed by atoms with E-state index in [1.165, 1.54) is 29.4 Å². The van der Waals surface area contributed by atoms with Crippen LogP contribution in [0.1, 0.15) is 75.1 Å². The van der Waals surface area contributed by atoms with Gasteiger partial charge in [0.15, 0.2) is 0 Å². The van der Waals surface area contributed by atoms with Crippen LogP contribution in [0.5, 0.6) is 5.75 Å². The molecule has 7 heteroatoms. The van der Waals surface area contributed by atoms with Gasteiger partial charge in [-0.25, -0.2) is 4.98 Å². The summed E-state index contributed by atoms with van der Waals surface area (Å²) >= 11 is 0. The van der Waals surface area contributed by atoms with Crippen molar-refractivity contribution in [3.8, 4) is 22.8 Å². The minimum absolute atomic E-state index is 0.0967. The van der Waals surface area contributed by atoms with Crippen molar-refractivity contribution in [3.05, 3.63) is 101 Å². The van der Waals surface area contributed by atoms with Gasteiger partial charge in [0.25, 0.3) is 0 Å².